The van der Waals surface area contributed by atoms with Gasteiger partial charge in [-0.05, 0) is 48.5 Å². The van der Waals surface area contributed by atoms with Crippen LogP contribution in [0.1, 0.15) is 55.2 Å². The van der Waals surface area contributed by atoms with Gasteiger partial charge in [-0.3, -0.25) is 0 Å². The molecule has 0 amide bonds. The molecule has 2 heterocycles. The van der Waals surface area contributed by atoms with Crippen LogP contribution in [0.4, 0.5) is 0 Å². The Morgan fingerprint density at radius 1 is 0.441 bits per heavy atom. The summed E-state index contributed by atoms with van der Waals surface area (Å²) in [5, 5.41) is 99.7. The predicted octanol–water partition coefficient (Wildman–Crippen LogP) is 6.27. The largest absolute Gasteiger partial charge is 0.508 e. The predicted molar refractivity (Wildman–Crippen MR) is 234 cm³/mol. The molecule has 0 radical (unpaired) electrons. The van der Waals surface area contributed by atoms with Gasteiger partial charge in [0.2, 0.25) is 11.5 Å². The number of hydrogen-bond donors (Lipinski definition) is 10. The molecule has 0 aliphatic carbocycles. The minimum atomic E-state index is -0.981. The quantitative estimate of drug-likeness (QED) is 0.0534. The minimum absolute atomic E-state index is 0.00432. The van der Waals surface area contributed by atoms with E-state index in [2.05, 4.69) is 0 Å². The molecule has 0 aromatic heterocycles. The number of carbonyl (C=O) groups excluding carboxylic acids is 2. The van der Waals surface area contributed by atoms with Crippen LogP contribution in [-0.4, -0.2) is 104 Å². The van der Waals surface area contributed by atoms with Gasteiger partial charge in [-0.2, -0.15) is 0 Å². The third-order valence-corrected chi connectivity index (χ3v) is 10.9. The first kappa shape index (κ1) is 47.0. The van der Waals surface area contributed by atoms with Crippen molar-refractivity contribution in [3.8, 4) is 92.0 Å². The maximum Gasteiger partial charge on any atom is 0.338 e. The molecule has 8 rings (SSSR count). The lowest BCUT2D eigenvalue weighted by Gasteiger charge is -2.34. The van der Waals surface area contributed by atoms with Gasteiger partial charge < -0.3 is 89.0 Å². The lowest BCUT2D eigenvalue weighted by molar-refractivity contribution is -0.0192. The van der Waals surface area contributed by atoms with Crippen LogP contribution in [0.15, 0.2) is 84.9 Å². The second kappa shape index (κ2) is 19.3. The van der Waals surface area contributed by atoms with Crippen molar-refractivity contribution in [2.24, 2.45) is 0 Å². The van der Waals surface area contributed by atoms with Crippen LogP contribution in [0.2, 0.25) is 0 Å². The molecule has 20 nitrogen and oxygen atoms in total. The maximum atomic E-state index is 13.0. The Hall–Kier alpha value is -8.94. The summed E-state index contributed by atoms with van der Waals surface area (Å²) in [5.74, 6) is -4.17. The van der Waals surface area contributed by atoms with Gasteiger partial charge in [0.15, 0.2) is 58.2 Å². The Kier molecular flexibility index (Phi) is 13.3. The van der Waals surface area contributed by atoms with E-state index in [0.29, 0.717) is 22.3 Å². The monoisotopic (exact) mass is 940 g/mol. The number of aromatic hydroxyl groups is 10. The van der Waals surface area contributed by atoms with Crippen molar-refractivity contribution in [1.82, 2.24) is 0 Å². The number of carbonyl (C=O) groups is 2. The number of ether oxygens (including phenoxy) is 8. The van der Waals surface area contributed by atoms with Crippen molar-refractivity contribution >= 4 is 11.9 Å². The zero-order chi connectivity index (χ0) is 49.1. The number of hydrogen-bond acceptors (Lipinski definition) is 20. The summed E-state index contributed by atoms with van der Waals surface area (Å²) in [7, 11) is 5.28. The molecule has 68 heavy (non-hydrogen) atoms. The topological polar surface area (TPSA) is 310 Å². The number of fused-ring (bicyclic) bond motifs is 2. The smallest absolute Gasteiger partial charge is 0.338 e. The van der Waals surface area contributed by atoms with E-state index >= 15 is 0 Å². The fourth-order valence-electron chi connectivity index (χ4n) is 7.54. The Bertz CT molecular complexity index is 2650. The molecule has 356 valence electrons. The summed E-state index contributed by atoms with van der Waals surface area (Å²) in [6.45, 7) is 0. The summed E-state index contributed by atoms with van der Waals surface area (Å²) in [4.78, 5) is 26.1. The van der Waals surface area contributed by atoms with E-state index in [1.807, 2.05) is 0 Å². The van der Waals surface area contributed by atoms with Gasteiger partial charge in [0.25, 0.3) is 0 Å². The Balaban J connectivity index is 0.000000201. The second-order valence-electron chi connectivity index (χ2n) is 15.2. The average Bonchev–Trinajstić information content (AvgIpc) is 3.31. The van der Waals surface area contributed by atoms with E-state index in [0.717, 1.165) is 12.1 Å². The highest BCUT2D eigenvalue weighted by Gasteiger charge is 2.39. The highest BCUT2D eigenvalue weighted by Crippen LogP contribution is 2.47. The highest BCUT2D eigenvalue weighted by molar-refractivity contribution is 5.92. The molecule has 2 aliphatic heterocycles. The maximum absolute atomic E-state index is 13.0. The van der Waals surface area contributed by atoms with Crippen LogP contribution in [0.25, 0.3) is 0 Å². The van der Waals surface area contributed by atoms with Crippen molar-refractivity contribution in [1.29, 1.82) is 0 Å². The van der Waals surface area contributed by atoms with Gasteiger partial charge in [-0.15, -0.1) is 0 Å². The lowest BCUT2D eigenvalue weighted by atomic mass is 9.93. The van der Waals surface area contributed by atoms with Crippen molar-refractivity contribution < 1.29 is 98.5 Å². The molecule has 2 aliphatic rings. The summed E-state index contributed by atoms with van der Waals surface area (Å²) in [5.41, 5.74) is 1.44. The molecule has 0 unspecified atom stereocenters. The Morgan fingerprint density at radius 3 is 1.09 bits per heavy atom. The molecule has 0 spiro atoms. The van der Waals surface area contributed by atoms with Gasteiger partial charge >= 0.3 is 11.9 Å². The van der Waals surface area contributed by atoms with Gasteiger partial charge in [-0.25, -0.2) is 9.59 Å². The molecule has 0 saturated carbocycles. The van der Waals surface area contributed by atoms with E-state index < -0.39 is 47.9 Å². The summed E-state index contributed by atoms with van der Waals surface area (Å²) in [6.07, 6.45) is -3.83. The minimum Gasteiger partial charge on any atom is -0.508 e. The van der Waals surface area contributed by atoms with Crippen LogP contribution >= 0.6 is 0 Å². The molecular weight excluding hydrogens is 897 g/mol. The molecule has 6 aromatic carbocycles. The van der Waals surface area contributed by atoms with Gasteiger partial charge in [0, 0.05) is 59.4 Å². The Labute approximate surface area is 385 Å². The lowest BCUT2D eigenvalue weighted by Crippen LogP contribution is -2.34. The van der Waals surface area contributed by atoms with E-state index in [1.165, 1.54) is 101 Å². The summed E-state index contributed by atoms with van der Waals surface area (Å²) >= 11 is 0. The summed E-state index contributed by atoms with van der Waals surface area (Å²) < 4.78 is 43.7. The second-order valence-corrected chi connectivity index (χ2v) is 15.2. The first-order valence-corrected chi connectivity index (χ1v) is 20.2. The van der Waals surface area contributed by atoms with Gasteiger partial charge in [0.05, 0.1) is 39.6 Å². The number of esters is 2. The van der Waals surface area contributed by atoms with Gasteiger partial charge in [0.1, 0.15) is 46.7 Å². The number of benzene rings is 6. The van der Waals surface area contributed by atoms with Crippen molar-refractivity contribution in [3.05, 3.63) is 118 Å². The van der Waals surface area contributed by atoms with Crippen LogP contribution < -0.4 is 28.4 Å². The molecule has 20 heteroatoms. The molecule has 0 bridgehead atoms. The first-order valence-electron chi connectivity index (χ1n) is 20.2. The van der Waals surface area contributed by atoms with E-state index in [-0.39, 0.29) is 104 Å². The number of phenols is 10. The van der Waals surface area contributed by atoms with Crippen LogP contribution in [-0.2, 0) is 22.3 Å². The van der Waals surface area contributed by atoms with Crippen LogP contribution in [0.3, 0.4) is 0 Å². The fraction of sp³-hybridized carbons (Fsp3) is 0.208. The molecule has 0 fully saturated rings. The van der Waals surface area contributed by atoms with Crippen molar-refractivity contribution in [2.45, 2.75) is 37.3 Å². The number of phenolic OH excluding ortho intramolecular Hbond substituents is 10. The number of rotatable bonds is 10. The Morgan fingerprint density at radius 2 is 0.779 bits per heavy atom. The molecule has 4 atom stereocenters. The van der Waals surface area contributed by atoms with Crippen LogP contribution in [0, 0.1) is 0 Å². The third kappa shape index (κ3) is 9.55. The van der Waals surface area contributed by atoms with E-state index in [4.69, 9.17) is 37.9 Å². The van der Waals surface area contributed by atoms with E-state index in [1.54, 1.807) is 0 Å². The van der Waals surface area contributed by atoms with Gasteiger partial charge in [-0.1, -0.05) is 12.1 Å². The van der Waals surface area contributed by atoms with Crippen molar-refractivity contribution in [3.63, 3.8) is 0 Å². The zero-order valence-electron chi connectivity index (χ0n) is 36.4. The highest BCUT2D eigenvalue weighted by atomic mass is 16.6. The fourth-order valence-corrected chi connectivity index (χ4v) is 7.54. The third-order valence-electron chi connectivity index (χ3n) is 10.9. The first-order chi connectivity index (χ1) is 32.4. The standard InChI is InChI=1S/2C24H22O10/c2*1-31-19-6-12(7-20(32-2)22(19)29)24(30)34-21-10-14-16(27)8-13(25)9-18(14)33-23(21)11-3-4-15(26)17(28)5-11/h2*3-9,21,23,25-29H,10H2,1-2H3/t21-,23+;21-,23-/m01/s1. The number of methoxy groups -OCH3 is 4. The molecular formula is C48H44O20. The average molecular weight is 941 g/mol. The normalized spacial score (nSPS) is 16.8. The zero-order valence-corrected chi connectivity index (χ0v) is 36.4. The molecule has 10 N–H and O–H groups in total. The van der Waals surface area contributed by atoms with E-state index in [9.17, 15) is 60.7 Å². The van der Waals surface area contributed by atoms with Crippen molar-refractivity contribution in [2.75, 3.05) is 28.4 Å². The summed E-state index contributed by atoms with van der Waals surface area (Å²) in [6, 6.07) is 18.1. The molecule has 0 saturated heterocycles. The SMILES string of the molecule is COc1cc(C(=O)O[C@@H]2Cc3c(O)cc(O)cc3O[C@@H]2c2ccc(O)c(O)c2)cc(OC)c1O.COc1cc(C(=O)O[C@H]2Cc3c(O)cc(O)cc3O[C@@H]2c2ccc(O)c(O)c2)cc(OC)c1O. The van der Waals surface area contributed by atoms with Crippen LogP contribution in [0.5, 0.6) is 92.0 Å². The molecule has 6 aromatic rings.